The number of aliphatic hydroxyl groups is 1. The summed E-state index contributed by atoms with van der Waals surface area (Å²) in [5.41, 5.74) is 6.49. The lowest BCUT2D eigenvalue weighted by Crippen LogP contribution is -2.61. The van der Waals surface area contributed by atoms with Gasteiger partial charge in [-0.15, -0.1) is 0 Å². The lowest BCUT2D eigenvalue weighted by atomic mass is 10.00. The van der Waals surface area contributed by atoms with E-state index in [-0.39, 0.29) is 25.2 Å². The van der Waals surface area contributed by atoms with E-state index in [4.69, 9.17) is 15.6 Å². The molecular formula is C40H54N8O15. The molecule has 2 rings (SSSR count). The van der Waals surface area contributed by atoms with Crippen molar-refractivity contribution in [2.24, 2.45) is 11.7 Å². The van der Waals surface area contributed by atoms with Gasteiger partial charge in [-0.3, -0.25) is 43.2 Å². The molecule has 0 spiro atoms. The lowest BCUT2D eigenvalue weighted by molar-refractivity contribution is -0.139. The highest BCUT2D eigenvalue weighted by molar-refractivity contribution is 5.97. The molecule has 0 fully saturated rings. The molecule has 0 heterocycles. The minimum Gasteiger partial charge on any atom is -0.508 e. The number of primary amides is 1. The first kappa shape index (κ1) is 51.8. The zero-order chi connectivity index (χ0) is 47.2. The van der Waals surface area contributed by atoms with E-state index >= 15 is 0 Å². The number of carboxylic acids is 2. The Bertz CT molecular complexity index is 1930. The van der Waals surface area contributed by atoms with Gasteiger partial charge in [-0.2, -0.15) is 0 Å². The molecule has 0 saturated heterocycles. The van der Waals surface area contributed by atoms with Gasteiger partial charge in [0.25, 0.3) is 0 Å². The maximum Gasteiger partial charge on any atom is 0.408 e. The maximum atomic E-state index is 13.7. The van der Waals surface area contributed by atoms with Crippen molar-refractivity contribution >= 4 is 59.4 Å². The molecule has 0 aliphatic heterocycles. The van der Waals surface area contributed by atoms with Crippen LogP contribution in [-0.2, 0) is 60.9 Å². The Morgan fingerprint density at radius 2 is 1.16 bits per heavy atom. The third-order valence-electron chi connectivity index (χ3n) is 9.04. The van der Waals surface area contributed by atoms with Crippen LogP contribution in [0.3, 0.4) is 0 Å². The summed E-state index contributed by atoms with van der Waals surface area (Å²) in [5.74, 6) is -10.4. The van der Waals surface area contributed by atoms with Crippen molar-refractivity contribution in [3.8, 4) is 5.75 Å². The number of amides is 8. The zero-order valence-electron chi connectivity index (χ0n) is 34.8. The average Bonchev–Trinajstić information content (AvgIpc) is 3.23. The average molecular weight is 887 g/mol. The van der Waals surface area contributed by atoms with Crippen LogP contribution in [0.2, 0.25) is 0 Å². The summed E-state index contributed by atoms with van der Waals surface area (Å²) in [6.45, 7) is 2.51. The predicted molar refractivity (Wildman–Crippen MR) is 219 cm³/mol. The van der Waals surface area contributed by atoms with E-state index in [1.165, 1.54) is 45.0 Å². The number of rotatable bonds is 26. The highest BCUT2D eigenvalue weighted by Gasteiger charge is 2.34. The monoisotopic (exact) mass is 886 g/mol. The molecule has 344 valence electrons. The number of carboxylic acid groups (broad SMARTS) is 2. The van der Waals surface area contributed by atoms with Crippen molar-refractivity contribution < 1.29 is 73.1 Å². The molecule has 0 saturated carbocycles. The zero-order valence-corrected chi connectivity index (χ0v) is 34.8. The van der Waals surface area contributed by atoms with E-state index in [1.54, 1.807) is 30.3 Å². The number of phenolic OH excluding ortho intramolecular Hbond substituents is 1. The molecule has 23 heteroatoms. The van der Waals surface area contributed by atoms with Crippen LogP contribution in [0.1, 0.15) is 57.6 Å². The molecule has 0 aromatic heterocycles. The second-order valence-electron chi connectivity index (χ2n) is 14.5. The minimum atomic E-state index is -1.77. The number of benzene rings is 2. The molecule has 0 aliphatic carbocycles. The first-order valence-electron chi connectivity index (χ1n) is 19.6. The number of phenols is 1. The van der Waals surface area contributed by atoms with Crippen molar-refractivity contribution in [3.63, 3.8) is 0 Å². The highest BCUT2D eigenvalue weighted by Crippen LogP contribution is 2.13. The SMILES string of the molecule is CC(C)[C@H](NC(=O)[C@H](CO)NC(=O)[C@H](CCC(=O)O)NC(=O)CNC(=O)[C@H](C)NC(=O)OCc1ccccc1)C(=O)N[C@@H](Cc1ccc(O)cc1)C(=O)N[C@@H](CCC(=O)O)C(N)=O. The van der Waals surface area contributed by atoms with E-state index in [2.05, 4.69) is 37.2 Å². The van der Waals surface area contributed by atoms with Crippen LogP contribution < -0.4 is 43.0 Å². The van der Waals surface area contributed by atoms with Gasteiger partial charge >= 0.3 is 18.0 Å². The van der Waals surface area contributed by atoms with E-state index in [9.17, 15) is 63.3 Å². The van der Waals surface area contributed by atoms with E-state index in [1.807, 2.05) is 0 Å². The Hall–Kier alpha value is -7.30. The number of carbonyl (C=O) groups excluding carboxylic acids is 8. The van der Waals surface area contributed by atoms with Gasteiger partial charge in [0.1, 0.15) is 48.6 Å². The number of nitrogens with two attached hydrogens (primary N) is 1. The van der Waals surface area contributed by atoms with Gasteiger partial charge < -0.3 is 68.1 Å². The number of alkyl carbamates (subject to hydrolysis) is 1. The van der Waals surface area contributed by atoms with Crippen LogP contribution in [0.5, 0.6) is 5.75 Å². The Morgan fingerprint density at radius 1 is 0.619 bits per heavy atom. The third-order valence-corrected chi connectivity index (χ3v) is 9.04. The summed E-state index contributed by atoms with van der Waals surface area (Å²) < 4.78 is 5.06. The molecule has 8 amide bonds. The van der Waals surface area contributed by atoms with E-state index in [0.29, 0.717) is 11.1 Å². The van der Waals surface area contributed by atoms with Crippen molar-refractivity contribution in [3.05, 3.63) is 65.7 Å². The summed E-state index contributed by atoms with van der Waals surface area (Å²) >= 11 is 0. The van der Waals surface area contributed by atoms with Gasteiger partial charge in [-0.25, -0.2) is 4.79 Å². The molecule has 13 N–H and O–H groups in total. The second-order valence-corrected chi connectivity index (χ2v) is 14.5. The normalized spacial score (nSPS) is 13.6. The van der Waals surface area contributed by atoms with Crippen LogP contribution in [0.25, 0.3) is 0 Å². The van der Waals surface area contributed by atoms with Gasteiger partial charge in [-0.05, 0) is 48.9 Å². The first-order valence-corrected chi connectivity index (χ1v) is 19.6. The first-order chi connectivity index (χ1) is 29.7. The van der Waals surface area contributed by atoms with Crippen LogP contribution in [0.4, 0.5) is 4.79 Å². The largest absolute Gasteiger partial charge is 0.508 e. The highest BCUT2D eigenvalue weighted by atomic mass is 16.5. The number of nitrogens with one attached hydrogen (secondary N) is 7. The Kier molecular flexibility index (Phi) is 21.5. The molecule has 0 aliphatic rings. The number of aliphatic carboxylic acids is 2. The Morgan fingerprint density at radius 3 is 1.71 bits per heavy atom. The Labute approximate surface area is 361 Å². The van der Waals surface area contributed by atoms with Gasteiger partial charge in [-0.1, -0.05) is 56.3 Å². The minimum absolute atomic E-state index is 0.0692. The van der Waals surface area contributed by atoms with E-state index < -0.39 is 134 Å². The third kappa shape index (κ3) is 19.3. The van der Waals surface area contributed by atoms with Crippen LogP contribution in [0, 0.1) is 5.92 Å². The standard InChI is InChI=1S/C40H54N8O15/c1-21(2)33(39(61)46-28(17-23-9-11-25(50)12-10-23)37(59)45-26(34(41)56)13-15-31(52)53)48-38(60)29(19-49)47-36(58)27(14-16-32(54)55)44-30(51)18-42-35(57)22(3)43-40(62)63-20-24-7-5-4-6-8-24/h4-12,21-22,26-29,33,49-50H,13-20H2,1-3H3,(H2,41,56)(H,42,57)(H,43,62)(H,44,51)(H,45,59)(H,46,61)(H,47,58)(H,48,60)(H,52,53)(H,54,55)/t22-,26-,27-,28-,29-,33-/m0/s1. The fourth-order valence-corrected chi connectivity index (χ4v) is 5.53. The van der Waals surface area contributed by atoms with Crippen LogP contribution in [0.15, 0.2) is 54.6 Å². The molecule has 0 radical (unpaired) electrons. The fraction of sp³-hybridized carbons (Fsp3) is 0.450. The van der Waals surface area contributed by atoms with Gasteiger partial charge in [0.2, 0.25) is 41.4 Å². The van der Waals surface area contributed by atoms with Crippen molar-refractivity contribution in [2.75, 3.05) is 13.2 Å². The summed E-state index contributed by atoms with van der Waals surface area (Å²) in [4.78, 5) is 126. The lowest BCUT2D eigenvalue weighted by Gasteiger charge is -2.28. The fourth-order valence-electron chi connectivity index (χ4n) is 5.53. The molecular weight excluding hydrogens is 832 g/mol. The second kappa shape index (κ2) is 26.1. The predicted octanol–water partition coefficient (Wildman–Crippen LogP) is -2.35. The summed E-state index contributed by atoms with van der Waals surface area (Å²) in [6, 6.07) is 5.37. The number of hydrogen-bond donors (Lipinski definition) is 12. The molecule has 0 bridgehead atoms. The maximum absolute atomic E-state index is 13.7. The summed E-state index contributed by atoms with van der Waals surface area (Å²) in [6.07, 6.45) is -3.15. The summed E-state index contributed by atoms with van der Waals surface area (Å²) in [5, 5.41) is 54.3. The molecule has 6 atom stereocenters. The number of hydrogen-bond acceptors (Lipinski definition) is 13. The van der Waals surface area contributed by atoms with Gasteiger partial charge in [0.05, 0.1) is 13.2 Å². The van der Waals surface area contributed by atoms with Gasteiger partial charge in [0.15, 0.2) is 0 Å². The molecule has 2 aromatic carbocycles. The molecule has 23 nitrogen and oxygen atoms in total. The molecule has 0 unspecified atom stereocenters. The number of carbonyl (C=O) groups is 10. The summed E-state index contributed by atoms with van der Waals surface area (Å²) in [7, 11) is 0. The van der Waals surface area contributed by atoms with Crippen molar-refractivity contribution in [1.82, 2.24) is 37.2 Å². The molecule has 2 aromatic rings. The number of aliphatic hydroxyl groups excluding tert-OH is 1. The number of ether oxygens (including phenoxy) is 1. The topological polar surface area (TPSA) is 371 Å². The van der Waals surface area contributed by atoms with Crippen LogP contribution >= 0.6 is 0 Å². The van der Waals surface area contributed by atoms with Crippen molar-refractivity contribution in [2.45, 2.75) is 95.7 Å². The van der Waals surface area contributed by atoms with Crippen molar-refractivity contribution in [1.29, 1.82) is 0 Å². The van der Waals surface area contributed by atoms with Gasteiger partial charge in [0, 0.05) is 19.3 Å². The smallest absolute Gasteiger partial charge is 0.408 e. The van der Waals surface area contributed by atoms with Crippen LogP contribution in [-0.4, -0.2) is 129 Å². The van der Waals surface area contributed by atoms with E-state index in [0.717, 1.165) is 0 Å². The quantitative estimate of drug-likeness (QED) is 0.0471. The Balaban J connectivity index is 2.12. The number of aromatic hydroxyl groups is 1. The molecule has 63 heavy (non-hydrogen) atoms.